The number of halogens is 3. The van der Waals surface area contributed by atoms with Crippen LogP contribution in [-0.2, 0) is 16.6 Å². The van der Waals surface area contributed by atoms with Gasteiger partial charge < -0.3 is 5.73 Å². The van der Waals surface area contributed by atoms with Gasteiger partial charge in [0, 0.05) is 11.0 Å². The summed E-state index contributed by atoms with van der Waals surface area (Å²) in [5, 5.41) is 0. The largest absolute Gasteiger partial charge is 0.326 e. The molecule has 0 amide bonds. The van der Waals surface area contributed by atoms with Gasteiger partial charge >= 0.3 is 0 Å². The summed E-state index contributed by atoms with van der Waals surface area (Å²) in [7, 11) is -4.27. The van der Waals surface area contributed by atoms with Gasteiger partial charge in [-0.1, -0.05) is 12.1 Å². The highest BCUT2D eigenvalue weighted by Gasteiger charge is 2.23. The zero-order valence-corrected chi connectivity index (χ0v) is 13.0. The van der Waals surface area contributed by atoms with E-state index < -0.39 is 26.6 Å². The lowest BCUT2D eigenvalue weighted by Crippen LogP contribution is -2.16. The van der Waals surface area contributed by atoms with E-state index in [4.69, 9.17) is 5.73 Å². The molecule has 0 aromatic heterocycles. The van der Waals surface area contributed by atoms with Crippen LogP contribution < -0.4 is 10.5 Å². The van der Waals surface area contributed by atoms with E-state index >= 15 is 0 Å². The molecule has 0 aliphatic rings. The Kier molecular flexibility index (Phi) is 4.60. The fourth-order valence-electron chi connectivity index (χ4n) is 1.67. The average Bonchev–Trinajstić information content (AvgIpc) is 2.43. The fourth-order valence-corrected chi connectivity index (χ4v) is 3.41. The van der Waals surface area contributed by atoms with Gasteiger partial charge in [0.05, 0.1) is 5.69 Å². The van der Waals surface area contributed by atoms with Crippen molar-refractivity contribution in [3.05, 3.63) is 58.1 Å². The Balaban J connectivity index is 2.50. The summed E-state index contributed by atoms with van der Waals surface area (Å²) in [4.78, 5) is -0.779. The van der Waals surface area contributed by atoms with Gasteiger partial charge in [-0.15, -0.1) is 0 Å². The van der Waals surface area contributed by atoms with Gasteiger partial charge in [0.15, 0.2) is 11.6 Å². The number of rotatable bonds is 4. The number of hydrogen-bond donors (Lipinski definition) is 2. The minimum atomic E-state index is -4.27. The van der Waals surface area contributed by atoms with Gasteiger partial charge in [-0.25, -0.2) is 17.2 Å². The number of nitrogens with two attached hydrogens (primary N) is 1. The second-order valence-corrected chi connectivity index (χ2v) is 6.68. The van der Waals surface area contributed by atoms with E-state index in [-0.39, 0.29) is 17.8 Å². The molecule has 0 spiro atoms. The van der Waals surface area contributed by atoms with E-state index in [0.717, 1.165) is 12.1 Å². The highest BCUT2D eigenvalue weighted by Crippen LogP contribution is 2.26. The van der Waals surface area contributed by atoms with E-state index in [0.29, 0.717) is 4.47 Å². The first-order valence-electron chi connectivity index (χ1n) is 5.80. The second kappa shape index (κ2) is 6.08. The van der Waals surface area contributed by atoms with Crippen LogP contribution >= 0.6 is 15.9 Å². The standard InChI is InChI=1S/C13H11BrF2N2O2S/c14-9-3-1-2-4-11(9)18-21(19,20)12-6-8(7-17)5-10(15)13(12)16/h1-6,18H,7,17H2. The monoisotopic (exact) mass is 376 g/mol. The molecule has 0 saturated heterocycles. The zero-order valence-electron chi connectivity index (χ0n) is 10.6. The summed E-state index contributed by atoms with van der Waals surface area (Å²) in [6, 6.07) is 8.28. The summed E-state index contributed by atoms with van der Waals surface area (Å²) < 4.78 is 54.3. The minimum absolute atomic E-state index is 0.102. The van der Waals surface area contributed by atoms with Crippen LogP contribution in [0.1, 0.15) is 5.56 Å². The van der Waals surface area contributed by atoms with Crippen LogP contribution in [0.4, 0.5) is 14.5 Å². The van der Waals surface area contributed by atoms with Crippen molar-refractivity contribution in [2.24, 2.45) is 5.73 Å². The highest BCUT2D eigenvalue weighted by molar-refractivity contribution is 9.10. The van der Waals surface area contributed by atoms with E-state index in [2.05, 4.69) is 20.7 Å². The second-order valence-electron chi connectivity index (χ2n) is 4.18. The topological polar surface area (TPSA) is 72.2 Å². The van der Waals surface area contributed by atoms with Crippen molar-refractivity contribution in [1.29, 1.82) is 0 Å². The molecule has 0 unspecified atom stereocenters. The molecule has 21 heavy (non-hydrogen) atoms. The van der Waals surface area contributed by atoms with E-state index in [1.165, 1.54) is 6.07 Å². The molecule has 0 saturated carbocycles. The van der Waals surface area contributed by atoms with Crippen LogP contribution in [0.3, 0.4) is 0 Å². The van der Waals surface area contributed by atoms with Crippen molar-refractivity contribution in [3.8, 4) is 0 Å². The molecular weight excluding hydrogens is 366 g/mol. The van der Waals surface area contributed by atoms with E-state index in [1.807, 2.05) is 0 Å². The lowest BCUT2D eigenvalue weighted by molar-refractivity contribution is 0.483. The van der Waals surface area contributed by atoms with Crippen molar-refractivity contribution in [2.75, 3.05) is 4.72 Å². The normalized spacial score (nSPS) is 11.4. The molecule has 0 heterocycles. The summed E-state index contributed by atoms with van der Waals surface area (Å²) in [5.74, 6) is -2.70. The molecule has 0 radical (unpaired) electrons. The molecule has 2 aromatic rings. The third-order valence-corrected chi connectivity index (χ3v) is 4.75. The quantitative estimate of drug-likeness (QED) is 0.861. The summed E-state index contributed by atoms with van der Waals surface area (Å²) in [6.07, 6.45) is 0. The first-order chi connectivity index (χ1) is 9.85. The summed E-state index contributed by atoms with van der Waals surface area (Å²) >= 11 is 3.17. The molecule has 4 nitrogen and oxygen atoms in total. The molecule has 2 rings (SSSR count). The van der Waals surface area contributed by atoms with Crippen LogP contribution in [0.15, 0.2) is 45.8 Å². The van der Waals surface area contributed by atoms with Crippen molar-refractivity contribution in [3.63, 3.8) is 0 Å². The van der Waals surface area contributed by atoms with Crippen molar-refractivity contribution in [2.45, 2.75) is 11.4 Å². The number of hydrogen-bond acceptors (Lipinski definition) is 3. The Morgan fingerprint density at radius 1 is 1.19 bits per heavy atom. The van der Waals surface area contributed by atoms with Crippen LogP contribution in [0.5, 0.6) is 0 Å². The Morgan fingerprint density at radius 3 is 2.48 bits per heavy atom. The van der Waals surface area contributed by atoms with Crippen LogP contribution in [-0.4, -0.2) is 8.42 Å². The number of anilines is 1. The minimum Gasteiger partial charge on any atom is -0.326 e. The van der Waals surface area contributed by atoms with Crippen LogP contribution in [0.2, 0.25) is 0 Å². The first-order valence-corrected chi connectivity index (χ1v) is 8.08. The number of para-hydroxylation sites is 1. The number of nitrogens with one attached hydrogen (secondary N) is 1. The fraction of sp³-hybridized carbons (Fsp3) is 0.0769. The van der Waals surface area contributed by atoms with Gasteiger partial charge in [-0.3, -0.25) is 4.72 Å². The molecule has 0 atom stereocenters. The predicted molar refractivity (Wildman–Crippen MR) is 79.2 cm³/mol. The van der Waals surface area contributed by atoms with Crippen LogP contribution in [0, 0.1) is 11.6 Å². The maximum absolute atomic E-state index is 13.8. The Bertz CT molecular complexity index is 782. The summed E-state index contributed by atoms with van der Waals surface area (Å²) in [5.41, 5.74) is 5.75. The number of sulfonamides is 1. The SMILES string of the molecule is NCc1cc(F)c(F)c(S(=O)(=O)Nc2ccccc2Br)c1. The van der Waals surface area contributed by atoms with Gasteiger partial charge in [0.2, 0.25) is 0 Å². The van der Waals surface area contributed by atoms with Crippen molar-refractivity contribution in [1.82, 2.24) is 0 Å². The molecule has 0 bridgehead atoms. The van der Waals surface area contributed by atoms with E-state index in [9.17, 15) is 17.2 Å². The molecule has 2 aromatic carbocycles. The molecule has 3 N–H and O–H groups in total. The van der Waals surface area contributed by atoms with Crippen molar-refractivity contribution >= 4 is 31.6 Å². The molecule has 0 fully saturated rings. The van der Waals surface area contributed by atoms with Crippen molar-refractivity contribution < 1.29 is 17.2 Å². The molecule has 0 aliphatic carbocycles. The smallest absolute Gasteiger partial charge is 0.264 e. The third-order valence-electron chi connectivity index (χ3n) is 2.70. The Hall–Kier alpha value is -1.51. The van der Waals surface area contributed by atoms with E-state index in [1.54, 1.807) is 18.2 Å². The first kappa shape index (κ1) is 15.9. The molecular formula is C13H11BrF2N2O2S. The Labute approximate surface area is 129 Å². The maximum Gasteiger partial charge on any atom is 0.264 e. The summed E-state index contributed by atoms with van der Waals surface area (Å²) in [6.45, 7) is -0.102. The predicted octanol–water partition coefficient (Wildman–Crippen LogP) is 2.99. The van der Waals surface area contributed by atoms with Gasteiger partial charge in [0.1, 0.15) is 4.90 Å². The lowest BCUT2D eigenvalue weighted by Gasteiger charge is -2.11. The molecule has 112 valence electrons. The van der Waals surface area contributed by atoms with Crippen LogP contribution in [0.25, 0.3) is 0 Å². The van der Waals surface area contributed by atoms with Gasteiger partial charge in [-0.2, -0.15) is 0 Å². The number of benzene rings is 2. The third kappa shape index (κ3) is 3.39. The molecule has 8 heteroatoms. The average molecular weight is 377 g/mol. The zero-order chi connectivity index (χ0) is 15.6. The lowest BCUT2D eigenvalue weighted by atomic mass is 10.2. The van der Waals surface area contributed by atoms with Gasteiger partial charge in [-0.05, 0) is 45.8 Å². The highest BCUT2D eigenvalue weighted by atomic mass is 79.9. The van der Waals surface area contributed by atoms with Gasteiger partial charge in [0.25, 0.3) is 10.0 Å². The Morgan fingerprint density at radius 2 is 1.86 bits per heavy atom. The maximum atomic E-state index is 13.8. The molecule has 0 aliphatic heterocycles.